The first kappa shape index (κ1) is 12.8. The van der Waals surface area contributed by atoms with E-state index in [0.29, 0.717) is 18.0 Å². The van der Waals surface area contributed by atoms with Crippen LogP contribution in [0.1, 0.15) is 31.2 Å². The molecule has 17 heavy (non-hydrogen) atoms. The van der Waals surface area contributed by atoms with Crippen LogP contribution in [-0.4, -0.2) is 11.4 Å². The number of benzene rings is 1. The molecule has 1 aliphatic carbocycles. The molecule has 0 spiro atoms. The zero-order chi connectivity index (χ0) is 12.3. The Kier molecular flexibility index (Phi) is 4.00. The van der Waals surface area contributed by atoms with Gasteiger partial charge in [0, 0.05) is 29.6 Å². The molecule has 0 bridgehead atoms. The molecule has 1 aliphatic rings. The minimum absolute atomic E-state index is 0.0671. The van der Waals surface area contributed by atoms with Crippen LogP contribution in [0.3, 0.4) is 0 Å². The van der Waals surface area contributed by atoms with Gasteiger partial charge >= 0.3 is 0 Å². The van der Waals surface area contributed by atoms with E-state index >= 15 is 0 Å². The molecule has 0 aromatic heterocycles. The van der Waals surface area contributed by atoms with Crippen LogP contribution in [0.15, 0.2) is 18.2 Å². The summed E-state index contributed by atoms with van der Waals surface area (Å²) in [7, 11) is 0. The first-order valence-corrected chi connectivity index (χ1v) is 6.44. The normalized spacial score (nSPS) is 18.5. The fourth-order valence-corrected chi connectivity index (χ4v) is 2.72. The van der Waals surface area contributed by atoms with Gasteiger partial charge in [-0.05, 0) is 18.9 Å². The van der Waals surface area contributed by atoms with Crippen LogP contribution in [0.5, 0.6) is 0 Å². The van der Waals surface area contributed by atoms with Gasteiger partial charge in [0.1, 0.15) is 11.6 Å². The van der Waals surface area contributed by atoms with Crippen molar-refractivity contribution < 1.29 is 8.78 Å². The van der Waals surface area contributed by atoms with Crippen molar-refractivity contribution in [2.24, 2.45) is 0 Å². The number of rotatable bonds is 4. The van der Waals surface area contributed by atoms with Crippen LogP contribution in [-0.2, 0) is 6.54 Å². The lowest BCUT2D eigenvalue weighted by Gasteiger charge is -2.28. The molecule has 0 amide bonds. The van der Waals surface area contributed by atoms with Gasteiger partial charge < -0.3 is 5.32 Å². The van der Waals surface area contributed by atoms with Crippen molar-refractivity contribution >= 4 is 11.6 Å². The molecule has 2 rings (SSSR count). The quantitative estimate of drug-likeness (QED) is 0.815. The third-order valence-electron chi connectivity index (χ3n) is 3.49. The molecular weight excluding hydrogens is 244 g/mol. The third-order valence-corrected chi connectivity index (χ3v) is 4.00. The molecule has 0 unspecified atom stereocenters. The summed E-state index contributed by atoms with van der Waals surface area (Å²) in [5.41, 5.74) is 0.422. The van der Waals surface area contributed by atoms with Gasteiger partial charge in [-0.15, -0.1) is 11.6 Å². The first-order chi connectivity index (χ1) is 8.15. The molecular formula is C13H16ClF2N. The molecule has 1 saturated carbocycles. The maximum absolute atomic E-state index is 13.4. The van der Waals surface area contributed by atoms with Crippen molar-refractivity contribution in [3.05, 3.63) is 35.4 Å². The molecule has 1 N–H and O–H groups in total. The largest absolute Gasteiger partial charge is 0.306 e. The van der Waals surface area contributed by atoms with Gasteiger partial charge in [-0.2, -0.15) is 0 Å². The standard InChI is InChI=1S/C13H16ClF2N/c14-9-13(5-1-2-6-13)17-8-10-3-4-11(15)7-12(10)16/h3-4,7,17H,1-2,5-6,8-9H2. The van der Waals surface area contributed by atoms with Gasteiger partial charge in [0.2, 0.25) is 0 Å². The number of halogens is 3. The van der Waals surface area contributed by atoms with E-state index < -0.39 is 11.6 Å². The van der Waals surface area contributed by atoms with E-state index in [9.17, 15) is 8.78 Å². The molecule has 1 fully saturated rings. The van der Waals surface area contributed by atoms with E-state index in [1.807, 2.05) is 0 Å². The highest BCUT2D eigenvalue weighted by Gasteiger charge is 2.32. The topological polar surface area (TPSA) is 12.0 Å². The lowest BCUT2D eigenvalue weighted by molar-refractivity contribution is 0.364. The maximum Gasteiger partial charge on any atom is 0.130 e. The zero-order valence-corrected chi connectivity index (χ0v) is 10.4. The predicted octanol–water partition coefficient (Wildman–Crippen LogP) is 3.61. The molecule has 0 aliphatic heterocycles. The Morgan fingerprint density at radius 2 is 1.94 bits per heavy atom. The van der Waals surface area contributed by atoms with Crippen LogP contribution in [0.4, 0.5) is 8.78 Å². The van der Waals surface area contributed by atoms with E-state index in [4.69, 9.17) is 11.6 Å². The minimum atomic E-state index is -0.542. The zero-order valence-electron chi connectivity index (χ0n) is 9.61. The van der Waals surface area contributed by atoms with Crippen molar-refractivity contribution in [1.29, 1.82) is 0 Å². The van der Waals surface area contributed by atoms with Crippen molar-refractivity contribution in [1.82, 2.24) is 5.32 Å². The van der Waals surface area contributed by atoms with Crippen LogP contribution in [0, 0.1) is 11.6 Å². The van der Waals surface area contributed by atoms with E-state index in [-0.39, 0.29) is 5.54 Å². The maximum atomic E-state index is 13.4. The summed E-state index contributed by atoms with van der Waals surface area (Å²) in [4.78, 5) is 0. The summed E-state index contributed by atoms with van der Waals surface area (Å²) < 4.78 is 26.2. The predicted molar refractivity (Wildman–Crippen MR) is 65.1 cm³/mol. The summed E-state index contributed by atoms with van der Waals surface area (Å²) in [6.45, 7) is 0.402. The van der Waals surface area contributed by atoms with Crippen molar-refractivity contribution in [2.45, 2.75) is 37.8 Å². The average molecular weight is 260 g/mol. The highest BCUT2D eigenvalue weighted by Crippen LogP contribution is 2.31. The molecule has 0 radical (unpaired) electrons. The fourth-order valence-electron chi connectivity index (χ4n) is 2.36. The van der Waals surface area contributed by atoms with Crippen molar-refractivity contribution in [3.8, 4) is 0 Å². The summed E-state index contributed by atoms with van der Waals surface area (Å²) in [5.74, 6) is -0.505. The molecule has 4 heteroatoms. The Morgan fingerprint density at radius 1 is 1.24 bits per heavy atom. The summed E-state index contributed by atoms with van der Waals surface area (Å²) in [6.07, 6.45) is 4.37. The van der Waals surface area contributed by atoms with Crippen molar-refractivity contribution in [2.75, 3.05) is 5.88 Å². The summed E-state index contributed by atoms with van der Waals surface area (Å²) in [5, 5.41) is 3.33. The van der Waals surface area contributed by atoms with E-state index in [2.05, 4.69) is 5.32 Å². The van der Waals surface area contributed by atoms with Crippen LogP contribution in [0.2, 0.25) is 0 Å². The monoisotopic (exact) mass is 259 g/mol. The Balaban J connectivity index is 2.01. The van der Waals surface area contributed by atoms with Crippen LogP contribution in [0.25, 0.3) is 0 Å². The number of alkyl halides is 1. The molecule has 0 saturated heterocycles. The third kappa shape index (κ3) is 2.96. The van der Waals surface area contributed by atoms with E-state index in [0.717, 1.165) is 31.7 Å². The smallest absolute Gasteiger partial charge is 0.130 e. The number of hydrogen-bond donors (Lipinski definition) is 1. The first-order valence-electron chi connectivity index (χ1n) is 5.90. The SMILES string of the molecule is Fc1ccc(CNC2(CCl)CCCC2)c(F)c1. The molecule has 0 atom stereocenters. The number of hydrogen-bond acceptors (Lipinski definition) is 1. The second kappa shape index (κ2) is 5.32. The second-order valence-corrected chi connectivity index (χ2v) is 4.98. The number of nitrogens with one attached hydrogen (secondary N) is 1. The Bertz CT molecular complexity index is 389. The van der Waals surface area contributed by atoms with Crippen LogP contribution >= 0.6 is 11.6 Å². The molecule has 1 nitrogen and oxygen atoms in total. The van der Waals surface area contributed by atoms with E-state index in [1.165, 1.54) is 12.1 Å². The lowest BCUT2D eigenvalue weighted by Crippen LogP contribution is -2.44. The summed E-state index contributed by atoms with van der Waals surface area (Å²) >= 11 is 5.98. The molecule has 94 valence electrons. The van der Waals surface area contributed by atoms with Gasteiger partial charge in [0.25, 0.3) is 0 Å². The molecule has 1 aromatic carbocycles. The Hall–Kier alpha value is -0.670. The van der Waals surface area contributed by atoms with Gasteiger partial charge in [-0.25, -0.2) is 8.78 Å². The Labute approximate surface area is 105 Å². The van der Waals surface area contributed by atoms with Crippen LogP contribution < -0.4 is 5.32 Å². The van der Waals surface area contributed by atoms with Gasteiger partial charge in [0.15, 0.2) is 0 Å². The lowest BCUT2D eigenvalue weighted by atomic mass is 10.00. The van der Waals surface area contributed by atoms with Gasteiger partial charge in [0.05, 0.1) is 0 Å². The highest BCUT2D eigenvalue weighted by atomic mass is 35.5. The highest BCUT2D eigenvalue weighted by molar-refractivity contribution is 6.18. The average Bonchev–Trinajstić information content (AvgIpc) is 2.77. The molecule has 0 heterocycles. The van der Waals surface area contributed by atoms with Crippen molar-refractivity contribution in [3.63, 3.8) is 0 Å². The Morgan fingerprint density at radius 3 is 2.53 bits per heavy atom. The van der Waals surface area contributed by atoms with Gasteiger partial charge in [-0.3, -0.25) is 0 Å². The fraction of sp³-hybridized carbons (Fsp3) is 0.538. The summed E-state index contributed by atoms with van der Waals surface area (Å²) in [6, 6.07) is 3.68. The van der Waals surface area contributed by atoms with E-state index in [1.54, 1.807) is 0 Å². The molecule has 1 aromatic rings. The minimum Gasteiger partial charge on any atom is -0.306 e. The second-order valence-electron chi connectivity index (χ2n) is 4.71. The van der Waals surface area contributed by atoms with Gasteiger partial charge in [-0.1, -0.05) is 18.9 Å².